The molecule has 15 heavy (non-hydrogen) atoms. The van der Waals surface area contributed by atoms with Crippen LogP contribution in [0.1, 0.15) is 13.8 Å². The van der Waals surface area contributed by atoms with E-state index in [4.69, 9.17) is 14.3 Å². The Bertz CT molecular complexity index is 279. The minimum absolute atomic E-state index is 0.0460. The van der Waals surface area contributed by atoms with E-state index >= 15 is 0 Å². The molecule has 86 valence electrons. The summed E-state index contributed by atoms with van der Waals surface area (Å²) in [6.45, 7) is 4.32. The fourth-order valence-electron chi connectivity index (χ4n) is 2.56. The fourth-order valence-corrected chi connectivity index (χ4v) is 2.56. The van der Waals surface area contributed by atoms with Crippen LogP contribution in [0.15, 0.2) is 5.16 Å². The first-order valence-corrected chi connectivity index (χ1v) is 5.07. The van der Waals surface area contributed by atoms with Crippen LogP contribution in [-0.4, -0.2) is 49.0 Å². The van der Waals surface area contributed by atoms with Crippen LogP contribution >= 0.6 is 0 Å². The number of aliphatic hydroxyl groups excluding tert-OH is 1. The fraction of sp³-hybridized carbons (Fsp3) is 0.900. The van der Waals surface area contributed by atoms with Crippen LogP contribution in [0.4, 0.5) is 0 Å². The minimum Gasteiger partial charge on any atom is -0.395 e. The Morgan fingerprint density at radius 2 is 2.33 bits per heavy atom. The van der Waals surface area contributed by atoms with Gasteiger partial charge in [-0.3, -0.25) is 0 Å². The summed E-state index contributed by atoms with van der Waals surface area (Å²) in [6.07, 6.45) is 1.23. The summed E-state index contributed by atoms with van der Waals surface area (Å²) in [5, 5.41) is 13.1. The van der Waals surface area contributed by atoms with Crippen molar-refractivity contribution in [3.05, 3.63) is 0 Å². The van der Waals surface area contributed by atoms with Crippen molar-refractivity contribution in [1.82, 2.24) is 0 Å². The smallest absolute Gasteiger partial charge is 0.143 e. The highest BCUT2D eigenvalue weighted by atomic mass is 16.6. The van der Waals surface area contributed by atoms with E-state index in [-0.39, 0.29) is 24.2 Å². The quantitative estimate of drug-likeness (QED) is 0.713. The van der Waals surface area contributed by atoms with Crippen molar-refractivity contribution in [1.29, 1.82) is 0 Å². The van der Waals surface area contributed by atoms with Gasteiger partial charge in [-0.05, 0) is 13.8 Å². The van der Waals surface area contributed by atoms with Gasteiger partial charge in [0.25, 0.3) is 0 Å². The topological polar surface area (TPSA) is 60.3 Å². The van der Waals surface area contributed by atoms with Crippen LogP contribution < -0.4 is 0 Å². The number of oxime groups is 1. The maximum absolute atomic E-state index is 9.33. The summed E-state index contributed by atoms with van der Waals surface area (Å²) < 4.78 is 11.3. The van der Waals surface area contributed by atoms with Crippen molar-refractivity contribution in [3.63, 3.8) is 0 Å². The molecule has 2 rings (SSSR count). The van der Waals surface area contributed by atoms with Crippen LogP contribution in [0.5, 0.6) is 0 Å². The molecule has 0 bridgehead atoms. The summed E-state index contributed by atoms with van der Waals surface area (Å²) in [6, 6.07) is 0. The van der Waals surface area contributed by atoms with E-state index in [1.165, 1.54) is 0 Å². The Kier molecular flexibility index (Phi) is 2.48. The van der Waals surface area contributed by atoms with Crippen LogP contribution in [0, 0.1) is 5.92 Å². The zero-order chi connectivity index (χ0) is 11.1. The molecule has 2 aliphatic heterocycles. The van der Waals surface area contributed by atoms with Gasteiger partial charge in [-0.15, -0.1) is 0 Å². The van der Waals surface area contributed by atoms with Gasteiger partial charge in [0.1, 0.15) is 18.3 Å². The molecular formula is C10H17NO4. The largest absolute Gasteiger partial charge is 0.395 e. The normalized spacial score (nSPS) is 42.4. The number of hydrogen-bond donors (Lipinski definition) is 1. The van der Waals surface area contributed by atoms with Crippen molar-refractivity contribution in [2.45, 2.75) is 31.2 Å². The standard InChI is InChI=1S/C10H17NO4/c1-9(2)7-5-14-11-6-10(7,13-3)8(4-12)15-9/h6-8,12H,4-5H2,1-3H3/t7-,8-,10+/m1/s1. The van der Waals surface area contributed by atoms with Crippen LogP contribution in [-0.2, 0) is 14.3 Å². The third-order valence-corrected chi connectivity index (χ3v) is 3.42. The van der Waals surface area contributed by atoms with Gasteiger partial charge in [-0.2, -0.15) is 0 Å². The van der Waals surface area contributed by atoms with Crippen molar-refractivity contribution in [3.8, 4) is 0 Å². The number of rotatable bonds is 2. The molecule has 1 fully saturated rings. The predicted molar refractivity (Wildman–Crippen MR) is 53.7 cm³/mol. The number of fused-ring (bicyclic) bond motifs is 1. The molecule has 2 aliphatic rings. The van der Waals surface area contributed by atoms with Gasteiger partial charge in [0, 0.05) is 7.11 Å². The van der Waals surface area contributed by atoms with E-state index in [0.717, 1.165) is 0 Å². The van der Waals surface area contributed by atoms with E-state index < -0.39 is 5.60 Å². The summed E-state index contributed by atoms with van der Waals surface area (Å²) >= 11 is 0. The molecule has 0 saturated carbocycles. The number of hydrogen-bond acceptors (Lipinski definition) is 5. The number of aliphatic hydroxyl groups is 1. The van der Waals surface area contributed by atoms with Crippen LogP contribution in [0.25, 0.3) is 0 Å². The van der Waals surface area contributed by atoms with Gasteiger partial charge < -0.3 is 19.4 Å². The second-order valence-electron chi connectivity index (χ2n) is 4.53. The molecule has 1 saturated heterocycles. The second kappa shape index (κ2) is 3.43. The van der Waals surface area contributed by atoms with Gasteiger partial charge in [0.05, 0.1) is 24.3 Å². The Labute approximate surface area is 89.0 Å². The molecule has 5 nitrogen and oxygen atoms in total. The van der Waals surface area contributed by atoms with Crippen molar-refractivity contribution in [2.75, 3.05) is 20.3 Å². The molecule has 0 aromatic rings. The van der Waals surface area contributed by atoms with Gasteiger partial charge in [0.15, 0.2) is 0 Å². The lowest BCUT2D eigenvalue weighted by Crippen LogP contribution is -2.53. The summed E-state index contributed by atoms with van der Waals surface area (Å²) in [5.41, 5.74) is -1.04. The number of methoxy groups -OCH3 is 1. The Balaban J connectivity index is 2.40. The SMILES string of the molecule is CO[C@@]12C=NOC[C@@H]1C(C)(C)O[C@@H]2CO. The Hall–Kier alpha value is -0.650. The highest BCUT2D eigenvalue weighted by molar-refractivity contribution is 5.71. The lowest BCUT2D eigenvalue weighted by Gasteiger charge is -2.36. The third-order valence-electron chi connectivity index (χ3n) is 3.42. The summed E-state index contributed by atoms with van der Waals surface area (Å²) in [4.78, 5) is 5.07. The van der Waals surface area contributed by atoms with Crippen molar-refractivity contribution in [2.24, 2.45) is 11.1 Å². The molecule has 0 amide bonds. The van der Waals surface area contributed by atoms with Gasteiger partial charge in [-0.25, -0.2) is 0 Å². The lowest BCUT2D eigenvalue weighted by atomic mass is 9.78. The van der Waals surface area contributed by atoms with E-state index in [2.05, 4.69) is 5.16 Å². The summed E-state index contributed by atoms with van der Waals surface area (Å²) in [7, 11) is 1.61. The van der Waals surface area contributed by atoms with E-state index in [1.54, 1.807) is 13.3 Å². The maximum atomic E-state index is 9.33. The third kappa shape index (κ3) is 1.38. The molecule has 5 heteroatoms. The monoisotopic (exact) mass is 215 g/mol. The van der Waals surface area contributed by atoms with Crippen molar-refractivity contribution >= 4 is 6.21 Å². The number of nitrogens with zero attached hydrogens (tertiary/aromatic N) is 1. The average Bonchev–Trinajstić information content (AvgIpc) is 2.48. The molecule has 2 heterocycles. The second-order valence-corrected chi connectivity index (χ2v) is 4.53. The zero-order valence-electron chi connectivity index (χ0n) is 9.27. The lowest BCUT2D eigenvalue weighted by molar-refractivity contribution is -0.0779. The van der Waals surface area contributed by atoms with E-state index in [1.807, 2.05) is 13.8 Å². The van der Waals surface area contributed by atoms with E-state index in [0.29, 0.717) is 6.61 Å². The first kappa shape index (κ1) is 10.9. The molecular weight excluding hydrogens is 198 g/mol. The molecule has 3 atom stereocenters. The van der Waals surface area contributed by atoms with Crippen LogP contribution in [0.3, 0.4) is 0 Å². The maximum Gasteiger partial charge on any atom is 0.143 e. The highest BCUT2D eigenvalue weighted by Gasteiger charge is 2.61. The molecule has 0 unspecified atom stereocenters. The molecule has 0 aromatic carbocycles. The minimum atomic E-state index is -0.656. The molecule has 0 spiro atoms. The molecule has 0 radical (unpaired) electrons. The molecule has 0 aromatic heterocycles. The van der Waals surface area contributed by atoms with Crippen molar-refractivity contribution < 1.29 is 19.4 Å². The molecule has 1 N–H and O–H groups in total. The number of ether oxygens (including phenoxy) is 2. The first-order chi connectivity index (χ1) is 7.07. The van der Waals surface area contributed by atoms with Gasteiger partial charge in [0.2, 0.25) is 0 Å². The first-order valence-electron chi connectivity index (χ1n) is 5.07. The van der Waals surface area contributed by atoms with Crippen LogP contribution in [0.2, 0.25) is 0 Å². The zero-order valence-corrected chi connectivity index (χ0v) is 9.27. The predicted octanol–water partition coefficient (Wildman–Crippen LogP) is 0.173. The molecule has 0 aliphatic carbocycles. The summed E-state index contributed by atoms with van der Waals surface area (Å²) in [5.74, 6) is 0.0460. The average molecular weight is 215 g/mol. The van der Waals surface area contributed by atoms with Gasteiger partial charge >= 0.3 is 0 Å². The highest BCUT2D eigenvalue weighted by Crippen LogP contribution is 2.45. The van der Waals surface area contributed by atoms with E-state index in [9.17, 15) is 5.11 Å². The van der Waals surface area contributed by atoms with Gasteiger partial charge in [-0.1, -0.05) is 5.16 Å². The Morgan fingerprint density at radius 3 is 2.93 bits per heavy atom. The Morgan fingerprint density at radius 1 is 1.60 bits per heavy atom.